The molecule has 6 heteroatoms. The van der Waals surface area contributed by atoms with Gasteiger partial charge < -0.3 is 10.2 Å². The van der Waals surface area contributed by atoms with Crippen molar-refractivity contribution in [3.05, 3.63) is 33.8 Å². The Bertz CT molecular complexity index is 463. The topological polar surface area (TPSA) is 32.3 Å². The molecule has 3 nitrogen and oxygen atoms in total. The van der Waals surface area contributed by atoms with Gasteiger partial charge in [0, 0.05) is 41.8 Å². The molecule has 2 aliphatic rings. The number of fused-ring (bicyclic) bond motifs is 1. The Kier molecular flexibility index (Phi) is 4.62. The van der Waals surface area contributed by atoms with Crippen molar-refractivity contribution in [1.29, 1.82) is 0 Å². The average molecular weight is 322 g/mol. The first-order chi connectivity index (χ1) is 8.63. The zero-order valence-corrected chi connectivity index (χ0v) is 12.6. The van der Waals surface area contributed by atoms with Gasteiger partial charge in [-0.3, -0.25) is 4.79 Å². The van der Waals surface area contributed by atoms with Crippen LogP contribution in [0.15, 0.2) is 18.2 Å². The first-order valence-corrected chi connectivity index (χ1v) is 6.85. The molecule has 1 N–H and O–H groups in total. The third-order valence-electron chi connectivity index (χ3n) is 3.79. The highest BCUT2D eigenvalue weighted by Crippen LogP contribution is 2.28. The van der Waals surface area contributed by atoms with Gasteiger partial charge in [0.2, 0.25) is 0 Å². The van der Waals surface area contributed by atoms with E-state index in [1.165, 1.54) is 0 Å². The highest BCUT2D eigenvalue weighted by Gasteiger charge is 2.38. The maximum atomic E-state index is 12.4. The van der Waals surface area contributed by atoms with Gasteiger partial charge in [-0.05, 0) is 30.0 Å². The second kappa shape index (κ2) is 5.88. The van der Waals surface area contributed by atoms with Crippen molar-refractivity contribution in [2.45, 2.75) is 0 Å². The average Bonchev–Trinajstić information content (AvgIpc) is 2.86. The van der Waals surface area contributed by atoms with Gasteiger partial charge in [0.1, 0.15) is 0 Å². The summed E-state index contributed by atoms with van der Waals surface area (Å²) in [5.74, 6) is 1.24. The Hall–Kier alpha value is -0.480. The van der Waals surface area contributed by atoms with Crippen molar-refractivity contribution in [1.82, 2.24) is 10.2 Å². The van der Waals surface area contributed by atoms with Crippen molar-refractivity contribution in [2.24, 2.45) is 11.8 Å². The van der Waals surface area contributed by atoms with Crippen LogP contribution in [0.1, 0.15) is 10.4 Å². The second-order valence-corrected chi connectivity index (χ2v) is 5.92. The molecule has 0 radical (unpaired) electrons. The smallest absolute Gasteiger partial charge is 0.253 e. The lowest BCUT2D eigenvalue weighted by Gasteiger charge is -2.17. The molecule has 2 fully saturated rings. The number of likely N-dealkylation sites (tertiary alicyclic amines) is 1. The highest BCUT2D eigenvalue weighted by molar-refractivity contribution is 6.35. The number of hydrogen-bond acceptors (Lipinski definition) is 2. The molecule has 0 unspecified atom stereocenters. The second-order valence-electron chi connectivity index (χ2n) is 5.05. The van der Waals surface area contributed by atoms with Crippen LogP contribution in [-0.2, 0) is 0 Å². The summed E-state index contributed by atoms with van der Waals surface area (Å²) in [5.41, 5.74) is 0.584. The number of nitrogens with one attached hydrogen (secondary N) is 1. The summed E-state index contributed by atoms with van der Waals surface area (Å²) in [5, 5.41) is 4.37. The van der Waals surface area contributed by atoms with E-state index in [-0.39, 0.29) is 18.3 Å². The molecule has 2 heterocycles. The Morgan fingerprint density at radius 1 is 1.11 bits per heavy atom. The Labute approximate surface area is 128 Å². The van der Waals surface area contributed by atoms with Crippen LogP contribution in [0, 0.1) is 11.8 Å². The molecule has 2 atom stereocenters. The fourth-order valence-corrected chi connectivity index (χ4v) is 3.41. The van der Waals surface area contributed by atoms with E-state index in [2.05, 4.69) is 5.32 Å². The molecule has 2 saturated heterocycles. The SMILES string of the molecule is Cl.O=C(c1cc(Cl)cc(Cl)c1)N1C[C@H]2CNC[C@H]2C1. The molecule has 1 aromatic carbocycles. The van der Waals surface area contributed by atoms with Crippen molar-refractivity contribution >= 4 is 41.5 Å². The van der Waals surface area contributed by atoms with Gasteiger partial charge in [-0.1, -0.05) is 23.2 Å². The number of halogens is 3. The molecule has 1 aromatic rings. The lowest BCUT2D eigenvalue weighted by molar-refractivity contribution is 0.0781. The minimum atomic E-state index is 0. The zero-order chi connectivity index (χ0) is 12.7. The van der Waals surface area contributed by atoms with Gasteiger partial charge in [0.25, 0.3) is 5.91 Å². The number of carbonyl (C=O) groups is 1. The molecule has 2 aliphatic heterocycles. The van der Waals surface area contributed by atoms with Gasteiger partial charge in [0.15, 0.2) is 0 Å². The largest absolute Gasteiger partial charge is 0.338 e. The summed E-state index contributed by atoms with van der Waals surface area (Å²) in [6.07, 6.45) is 0. The van der Waals surface area contributed by atoms with Crippen molar-refractivity contribution in [2.75, 3.05) is 26.2 Å². The quantitative estimate of drug-likeness (QED) is 0.862. The Balaban J connectivity index is 0.00000133. The van der Waals surface area contributed by atoms with Crippen LogP contribution < -0.4 is 5.32 Å². The molecule has 0 bridgehead atoms. The van der Waals surface area contributed by atoms with Gasteiger partial charge in [0.05, 0.1) is 0 Å². The maximum Gasteiger partial charge on any atom is 0.253 e. The Morgan fingerprint density at radius 2 is 1.63 bits per heavy atom. The highest BCUT2D eigenvalue weighted by atomic mass is 35.5. The predicted octanol–water partition coefficient (Wildman–Crippen LogP) is 2.71. The first-order valence-electron chi connectivity index (χ1n) is 6.09. The van der Waals surface area contributed by atoms with Crippen molar-refractivity contribution in [3.63, 3.8) is 0 Å². The zero-order valence-electron chi connectivity index (χ0n) is 10.2. The van der Waals surface area contributed by atoms with Crippen LogP contribution in [0.3, 0.4) is 0 Å². The fourth-order valence-electron chi connectivity index (χ4n) is 2.88. The van der Waals surface area contributed by atoms with Gasteiger partial charge in [-0.25, -0.2) is 0 Å². The van der Waals surface area contributed by atoms with Crippen LogP contribution in [0.2, 0.25) is 10.0 Å². The molecule has 0 aliphatic carbocycles. The van der Waals surface area contributed by atoms with E-state index < -0.39 is 0 Å². The number of rotatable bonds is 1. The fraction of sp³-hybridized carbons (Fsp3) is 0.462. The lowest BCUT2D eigenvalue weighted by Crippen LogP contribution is -2.31. The van der Waals surface area contributed by atoms with E-state index in [1.807, 2.05) is 4.90 Å². The molecule has 0 spiro atoms. The van der Waals surface area contributed by atoms with Crippen molar-refractivity contribution in [3.8, 4) is 0 Å². The molecule has 3 rings (SSSR count). The number of hydrogen-bond donors (Lipinski definition) is 1. The minimum Gasteiger partial charge on any atom is -0.338 e. The summed E-state index contributed by atoms with van der Waals surface area (Å²) in [6.45, 7) is 3.71. The van der Waals surface area contributed by atoms with Crippen LogP contribution in [0.4, 0.5) is 0 Å². The predicted molar refractivity (Wildman–Crippen MR) is 79.5 cm³/mol. The number of carbonyl (C=O) groups excluding carboxylic acids is 1. The monoisotopic (exact) mass is 320 g/mol. The lowest BCUT2D eigenvalue weighted by atomic mass is 10.0. The number of nitrogens with zero attached hydrogens (tertiary/aromatic N) is 1. The van der Waals surface area contributed by atoms with Crippen molar-refractivity contribution < 1.29 is 4.79 Å². The minimum absolute atomic E-state index is 0. The summed E-state index contributed by atoms with van der Waals surface area (Å²) in [4.78, 5) is 14.3. The third kappa shape index (κ3) is 3.00. The van der Waals surface area contributed by atoms with Gasteiger partial charge in [-0.15, -0.1) is 12.4 Å². The van der Waals surface area contributed by atoms with Crippen LogP contribution >= 0.6 is 35.6 Å². The van der Waals surface area contributed by atoms with E-state index in [1.54, 1.807) is 18.2 Å². The molecular formula is C13H15Cl3N2O. The molecule has 104 valence electrons. The standard InChI is InChI=1S/C13H14Cl2N2O.ClH/c14-11-1-8(2-12(15)3-11)13(18)17-6-9-4-16-5-10(9)7-17;/h1-3,9-10,16H,4-7H2;1H/t9-,10+;. The van der Waals surface area contributed by atoms with Crippen LogP contribution in [0.25, 0.3) is 0 Å². The Morgan fingerprint density at radius 3 is 2.16 bits per heavy atom. The normalized spacial score (nSPS) is 25.1. The summed E-state index contributed by atoms with van der Waals surface area (Å²) < 4.78 is 0. The molecule has 0 aromatic heterocycles. The molecule has 19 heavy (non-hydrogen) atoms. The van der Waals surface area contributed by atoms with E-state index in [0.29, 0.717) is 27.4 Å². The van der Waals surface area contributed by atoms with Crippen LogP contribution in [-0.4, -0.2) is 37.0 Å². The summed E-state index contributed by atoms with van der Waals surface area (Å²) >= 11 is 11.9. The van der Waals surface area contributed by atoms with Crippen LogP contribution in [0.5, 0.6) is 0 Å². The molecular weight excluding hydrogens is 307 g/mol. The third-order valence-corrected chi connectivity index (χ3v) is 4.22. The summed E-state index contributed by atoms with van der Waals surface area (Å²) in [7, 11) is 0. The van der Waals surface area contributed by atoms with E-state index >= 15 is 0 Å². The maximum absolute atomic E-state index is 12.4. The first kappa shape index (κ1) is 14.9. The number of amides is 1. The van der Waals surface area contributed by atoms with Gasteiger partial charge in [-0.2, -0.15) is 0 Å². The molecule has 1 amide bonds. The van der Waals surface area contributed by atoms with E-state index in [0.717, 1.165) is 26.2 Å². The van der Waals surface area contributed by atoms with E-state index in [4.69, 9.17) is 23.2 Å². The summed E-state index contributed by atoms with van der Waals surface area (Å²) in [6, 6.07) is 5.01. The van der Waals surface area contributed by atoms with Gasteiger partial charge >= 0.3 is 0 Å². The molecule has 0 saturated carbocycles. The van der Waals surface area contributed by atoms with E-state index in [9.17, 15) is 4.79 Å². The number of benzene rings is 1.